The SMILES string of the molecule is Cc1ccc(OCC(=O)N(Cc2ccc(C3CC3C)o2)C2CCS(=O)(=O)C2)cc1. The standard InChI is InChI=1S/C22H27NO5S/c1-15-3-5-18(6-4-15)27-13-22(24)23(17-9-10-29(25,26)14-17)12-19-7-8-21(28-19)20-11-16(20)2/h3-8,16-17,20H,9-14H2,1-2H3. The summed E-state index contributed by atoms with van der Waals surface area (Å²) in [7, 11) is -3.11. The molecule has 0 N–H and O–H groups in total. The molecule has 2 heterocycles. The number of ether oxygens (including phenoxy) is 1. The minimum Gasteiger partial charge on any atom is -0.484 e. The van der Waals surface area contributed by atoms with E-state index in [0.29, 0.717) is 29.8 Å². The number of carbonyl (C=O) groups excluding carboxylic acids is 1. The maximum absolute atomic E-state index is 13.0. The molecule has 29 heavy (non-hydrogen) atoms. The molecule has 0 radical (unpaired) electrons. The van der Waals surface area contributed by atoms with E-state index < -0.39 is 9.84 Å². The Morgan fingerprint density at radius 2 is 1.93 bits per heavy atom. The topological polar surface area (TPSA) is 76.8 Å². The molecule has 2 aromatic rings. The van der Waals surface area contributed by atoms with Crippen molar-refractivity contribution in [3.8, 4) is 5.75 Å². The first-order valence-electron chi connectivity index (χ1n) is 10.1. The molecule has 4 rings (SSSR count). The third kappa shape index (κ3) is 4.83. The molecule has 1 aliphatic heterocycles. The fourth-order valence-corrected chi connectivity index (χ4v) is 5.60. The van der Waals surface area contributed by atoms with Gasteiger partial charge in [0.15, 0.2) is 16.4 Å². The zero-order valence-corrected chi connectivity index (χ0v) is 17.7. The van der Waals surface area contributed by atoms with E-state index in [1.807, 2.05) is 43.3 Å². The highest BCUT2D eigenvalue weighted by atomic mass is 32.2. The van der Waals surface area contributed by atoms with Crippen LogP contribution in [0.4, 0.5) is 0 Å². The molecular weight excluding hydrogens is 390 g/mol. The summed E-state index contributed by atoms with van der Waals surface area (Å²) in [4.78, 5) is 14.6. The van der Waals surface area contributed by atoms with Gasteiger partial charge in [0.05, 0.1) is 18.1 Å². The number of carbonyl (C=O) groups is 1. The maximum atomic E-state index is 13.0. The van der Waals surface area contributed by atoms with Crippen molar-refractivity contribution in [1.82, 2.24) is 4.90 Å². The fourth-order valence-electron chi connectivity index (χ4n) is 3.87. The van der Waals surface area contributed by atoms with Crippen LogP contribution in [0.25, 0.3) is 0 Å². The number of furan rings is 1. The van der Waals surface area contributed by atoms with Crippen LogP contribution >= 0.6 is 0 Å². The minimum absolute atomic E-state index is 0.00348. The smallest absolute Gasteiger partial charge is 0.261 e. The number of hydrogen-bond donors (Lipinski definition) is 0. The number of aryl methyl sites for hydroxylation is 1. The first-order chi connectivity index (χ1) is 13.8. The number of benzene rings is 1. The van der Waals surface area contributed by atoms with E-state index in [0.717, 1.165) is 17.7 Å². The van der Waals surface area contributed by atoms with Crippen molar-refractivity contribution in [3.63, 3.8) is 0 Å². The summed E-state index contributed by atoms with van der Waals surface area (Å²) in [5.74, 6) is 3.23. The molecule has 6 nitrogen and oxygen atoms in total. The second-order valence-electron chi connectivity index (χ2n) is 8.30. The Morgan fingerprint density at radius 1 is 1.21 bits per heavy atom. The fraction of sp³-hybridized carbons (Fsp3) is 0.500. The van der Waals surface area contributed by atoms with E-state index in [9.17, 15) is 13.2 Å². The van der Waals surface area contributed by atoms with Crippen molar-refractivity contribution in [2.24, 2.45) is 5.92 Å². The zero-order chi connectivity index (χ0) is 20.6. The number of rotatable bonds is 7. The monoisotopic (exact) mass is 417 g/mol. The van der Waals surface area contributed by atoms with Gasteiger partial charge in [-0.2, -0.15) is 0 Å². The lowest BCUT2D eigenvalue weighted by atomic mass is 10.2. The Morgan fingerprint density at radius 3 is 2.55 bits per heavy atom. The molecule has 1 aromatic carbocycles. The average molecular weight is 418 g/mol. The van der Waals surface area contributed by atoms with E-state index in [-0.39, 0.29) is 36.6 Å². The summed E-state index contributed by atoms with van der Waals surface area (Å²) in [6.07, 6.45) is 1.58. The largest absolute Gasteiger partial charge is 0.484 e. The van der Waals surface area contributed by atoms with E-state index >= 15 is 0 Å². The number of amides is 1. The van der Waals surface area contributed by atoms with Crippen LogP contribution < -0.4 is 4.74 Å². The lowest BCUT2D eigenvalue weighted by Crippen LogP contribution is -2.43. The van der Waals surface area contributed by atoms with Crippen molar-refractivity contribution in [2.75, 3.05) is 18.1 Å². The van der Waals surface area contributed by atoms with Crippen molar-refractivity contribution >= 4 is 15.7 Å². The number of hydrogen-bond acceptors (Lipinski definition) is 5. The van der Waals surface area contributed by atoms with Gasteiger partial charge < -0.3 is 14.1 Å². The molecule has 1 saturated carbocycles. The molecule has 1 aromatic heterocycles. The van der Waals surface area contributed by atoms with Crippen LogP contribution in [0.15, 0.2) is 40.8 Å². The van der Waals surface area contributed by atoms with Gasteiger partial charge in [-0.25, -0.2) is 8.42 Å². The molecule has 0 spiro atoms. The lowest BCUT2D eigenvalue weighted by Gasteiger charge is -2.27. The Balaban J connectivity index is 1.46. The molecule has 1 aliphatic carbocycles. The molecule has 0 bridgehead atoms. The van der Waals surface area contributed by atoms with Crippen LogP contribution in [-0.2, 0) is 21.2 Å². The third-order valence-corrected chi connectivity index (χ3v) is 7.59. The Hall–Kier alpha value is -2.28. The Kier molecular flexibility index (Phi) is 5.42. The summed E-state index contributed by atoms with van der Waals surface area (Å²) in [5.41, 5.74) is 1.11. The first kappa shape index (κ1) is 20.0. The highest BCUT2D eigenvalue weighted by Gasteiger charge is 2.38. The average Bonchev–Trinajstić information content (AvgIpc) is 3.07. The van der Waals surface area contributed by atoms with Crippen LogP contribution in [0.1, 0.15) is 42.8 Å². The number of nitrogens with zero attached hydrogens (tertiary/aromatic N) is 1. The molecule has 3 atom stereocenters. The minimum atomic E-state index is -3.11. The Labute approximate surface area is 171 Å². The molecule has 1 saturated heterocycles. The van der Waals surface area contributed by atoms with Crippen molar-refractivity contribution in [3.05, 3.63) is 53.5 Å². The summed E-state index contributed by atoms with van der Waals surface area (Å²) < 4.78 is 35.6. The third-order valence-electron chi connectivity index (χ3n) is 5.84. The van der Waals surface area contributed by atoms with Crippen LogP contribution in [0.2, 0.25) is 0 Å². The summed E-state index contributed by atoms with van der Waals surface area (Å²) in [5, 5.41) is 0. The second kappa shape index (κ2) is 7.86. The quantitative estimate of drug-likeness (QED) is 0.691. The summed E-state index contributed by atoms with van der Waals surface area (Å²) in [6.45, 7) is 4.30. The van der Waals surface area contributed by atoms with Gasteiger partial charge in [-0.15, -0.1) is 0 Å². The molecule has 156 valence electrons. The Bertz CT molecular complexity index is 979. The van der Waals surface area contributed by atoms with Crippen molar-refractivity contribution in [1.29, 1.82) is 0 Å². The number of sulfone groups is 1. The summed E-state index contributed by atoms with van der Waals surface area (Å²) >= 11 is 0. The lowest BCUT2D eigenvalue weighted by molar-refractivity contribution is -0.136. The van der Waals surface area contributed by atoms with Crippen molar-refractivity contribution in [2.45, 2.75) is 45.2 Å². The second-order valence-corrected chi connectivity index (χ2v) is 10.5. The molecule has 7 heteroatoms. The predicted octanol–water partition coefficient (Wildman–Crippen LogP) is 3.31. The van der Waals surface area contributed by atoms with Crippen LogP contribution in [-0.4, -0.2) is 43.4 Å². The van der Waals surface area contributed by atoms with Crippen LogP contribution in [0.5, 0.6) is 5.75 Å². The maximum Gasteiger partial charge on any atom is 0.261 e. The van der Waals surface area contributed by atoms with Gasteiger partial charge in [0.25, 0.3) is 5.91 Å². The zero-order valence-electron chi connectivity index (χ0n) is 16.8. The van der Waals surface area contributed by atoms with Gasteiger partial charge in [0, 0.05) is 12.0 Å². The van der Waals surface area contributed by atoms with Gasteiger partial charge in [-0.3, -0.25) is 4.79 Å². The van der Waals surface area contributed by atoms with Gasteiger partial charge in [0.2, 0.25) is 0 Å². The molecule has 2 aliphatic rings. The predicted molar refractivity (Wildman–Crippen MR) is 110 cm³/mol. The molecule has 3 unspecified atom stereocenters. The van der Waals surface area contributed by atoms with Gasteiger partial charge >= 0.3 is 0 Å². The molecule has 2 fully saturated rings. The van der Waals surface area contributed by atoms with Gasteiger partial charge in [-0.1, -0.05) is 24.6 Å². The van der Waals surface area contributed by atoms with E-state index in [4.69, 9.17) is 9.15 Å². The normalized spacial score (nSPS) is 25.0. The van der Waals surface area contributed by atoms with Gasteiger partial charge in [0.1, 0.15) is 17.3 Å². The van der Waals surface area contributed by atoms with Gasteiger partial charge in [-0.05, 0) is 49.9 Å². The highest BCUT2D eigenvalue weighted by Crippen LogP contribution is 2.47. The van der Waals surface area contributed by atoms with E-state index in [2.05, 4.69) is 6.92 Å². The summed E-state index contributed by atoms with van der Waals surface area (Å²) in [6, 6.07) is 11.0. The van der Waals surface area contributed by atoms with Crippen molar-refractivity contribution < 1.29 is 22.4 Å². The van der Waals surface area contributed by atoms with Crippen LogP contribution in [0, 0.1) is 12.8 Å². The molecule has 1 amide bonds. The first-order valence-corrected chi connectivity index (χ1v) is 11.9. The van der Waals surface area contributed by atoms with E-state index in [1.165, 1.54) is 0 Å². The van der Waals surface area contributed by atoms with Crippen LogP contribution in [0.3, 0.4) is 0 Å². The van der Waals surface area contributed by atoms with E-state index in [1.54, 1.807) is 4.90 Å². The molecular formula is C22H27NO5S. The highest BCUT2D eigenvalue weighted by molar-refractivity contribution is 7.91.